The van der Waals surface area contributed by atoms with Crippen LogP contribution >= 0.6 is 23.1 Å². The molecule has 0 aromatic carbocycles. The summed E-state index contributed by atoms with van der Waals surface area (Å²) in [6.07, 6.45) is 3.61. The molecule has 1 atom stereocenters. The summed E-state index contributed by atoms with van der Waals surface area (Å²) in [7, 11) is -3.34. The lowest BCUT2D eigenvalue weighted by atomic mass is 10.1. The molecule has 0 radical (unpaired) electrons. The van der Waals surface area contributed by atoms with Gasteiger partial charge in [-0.1, -0.05) is 0 Å². The molecule has 1 saturated carbocycles. The van der Waals surface area contributed by atoms with Crippen molar-refractivity contribution in [2.75, 3.05) is 18.1 Å². The number of nitrogens with one attached hydrogen (secondary N) is 2. The van der Waals surface area contributed by atoms with Crippen molar-refractivity contribution >= 4 is 33.1 Å². The third-order valence-corrected chi connectivity index (χ3v) is 8.34. The highest BCUT2D eigenvalue weighted by molar-refractivity contribution is 7.99. The molecule has 4 nitrogen and oxygen atoms in total. The van der Waals surface area contributed by atoms with E-state index in [1.54, 1.807) is 6.07 Å². The third kappa shape index (κ3) is 4.22. The maximum absolute atomic E-state index is 12.4. The van der Waals surface area contributed by atoms with Gasteiger partial charge in [-0.2, -0.15) is 11.8 Å². The van der Waals surface area contributed by atoms with Crippen LogP contribution in [0, 0.1) is 12.8 Å². The summed E-state index contributed by atoms with van der Waals surface area (Å²) in [4.78, 5) is 1.14. The number of rotatable bonds is 7. The second-order valence-electron chi connectivity index (χ2n) is 5.91. The van der Waals surface area contributed by atoms with Crippen molar-refractivity contribution in [2.45, 2.75) is 43.0 Å². The minimum atomic E-state index is -3.34. The lowest BCUT2D eigenvalue weighted by Gasteiger charge is -2.09. The lowest BCUT2D eigenvalue weighted by Crippen LogP contribution is -2.28. The normalized spacial score (nSPS) is 22.8. The fourth-order valence-electron chi connectivity index (χ4n) is 2.36. The number of hydrogen-bond donors (Lipinski definition) is 2. The maximum Gasteiger partial charge on any atom is 0.250 e. The standard InChI is InChI=1S/C14H22N2O2S3/c1-10-6-14(20-13(10)8-15-12-2-3-12)21(17,18)16-7-11-4-5-19-9-11/h6,11-12,15-16H,2-5,7-9H2,1H3. The van der Waals surface area contributed by atoms with Gasteiger partial charge in [-0.15, -0.1) is 11.3 Å². The van der Waals surface area contributed by atoms with Crippen LogP contribution < -0.4 is 10.0 Å². The van der Waals surface area contributed by atoms with Crippen LogP contribution in [0.25, 0.3) is 0 Å². The molecule has 21 heavy (non-hydrogen) atoms. The highest BCUT2D eigenvalue weighted by Gasteiger charge is 2.24. The van der Waals surface area contributed by atoms with E-state index in [2.05, 4.69) is 10.0 Å². The first kappa shape index (κ1) is 15.8. The smallest absolute Gasteiger partial charge is 0.250 e. The van der Waals surface area contributed by atoms with E-state index in [0.29, 0.717) is 22.7 Å². The van der Waals surface area contributed by atoms with Gasteiger partial charge < -0.3 is 5.32 Å². The molecule has 2 heterocycles. The number of aryl methyl sites for hydroxylation is 1. The first-order valence-corrected chi connectivity index (χ1v) is 10.9. The molecule has 1 aromatic heterocycles. The Morgan fingerprint density at radius 1 is 1.33 bits per heavy atom. The Morgan fingerprint density at radius 2 is 2.14 bits per heavy atom. The Labute approximate surface area is 135 Å². The van der Waals surface area contributed by atoms with E-state index in [1.165, 1.54) is 24.2 Å². The van der Waals surface area contributed by atoms with Gasteiger partial charge in [0, 0.05) is 24.0 Å². The molecule has 1 saturated heterocycles. The van der Waals surface area contributed by atoms with Crippen LogP contribution in [0.15, 0.2) is 10.3 Å². The van der Waals surface area contributed by atoms with Gasteiger partial charge in [-0.25, -0.2) is 13.1 Å². The Balaban J connectivity index is 1.61. The second-order valence-corrected chi connectivity index (χ2v) is 10.2. The summed E-state index contributed by atoms with van der Waals surface area (Å²) >= 11 is 3.31. The van der Waals surface area contributed by atoms with Gasteiger partial charge in [0.2, 0.25) is 10.0 Å². The maximum atomic E-state index is 12.4. The first-order valence-electron chi connectivity index (χ1n) is 7.45. The number of sulfonamides is 1. The molecular formula is C14H22N2O2S3. The van der Waals surface area contributed by atoms with Crippen molar-refractivity contribution in [1.82, 2.24) is 10.0 Å². The van der Waals surface area contributed by atoms with Crippen molar-refractivity contribution in [3.63, 3.8) is 0 Å². The fraction of sp³-hybridized carbons (Fsp3) is 0.714. The van der Waals surface area contributed by atoms with E-state index in [-0.39, 0.29) is 0 Å². The van der Waals surface area contributed by atoms with Crippen LogP contribution in [-0.4, -0.2) is 32.5 Å². The summed E-state index contributed by atoms with van der Waals surface area (Å²) in [6, 6.07) is 2.45. The van der Waals surface area contributed by atoms with Gasteiger partial charge in [-0.3, -0.25) is 0 Å². The molecule has 1 aliphatic carbocycles. The monoisotopic (exact) mass is 346 g/mol. The van der Waals surface area contributed by atoms with Gasteiger partial charge in [0.15, 0.2) is 0 Å². The fourth-order valence-corrected chi connectivity index (χ4v) is 6.35. The van der Waals surface area contributed by atoms with Crippen LogP contribution in [-0.2, 0) is 16.6 Å². The van der Waals surface area contributed by atoms with E-state index in [1.807, 2.05) is 18.7 Å². The molecule has 1 aliphatic heterocycles. The average Bonchev–Trinajstić information content (AvgIpc) is 2.98. The average molecular weight is 347 g/mol. The minimum Gasteiger partial charge on any atom is -0.309 e. The zero-order valence-corrected chi connectivity index (χ0v) is 14.7. The van der Waals surface area contributed by atoms with Crippen LogP contribution in [0.1, 0.15) is 29.7 Å². The van der Waals surface area contributed by atoms with E-state index >= 15 is 0 Å². The lowest BCUT2D eigenvalue weighted by molar-refractivity contribution is 0.547. The molecule has 2 fully saturated rings. The highest BCUT2D eigenvalue weighted by atomic mass is 32.2. The van der Waals surface area contributed by atoms with E-state index in [4.69, 9.17) is 0 Å². The van der Waals surface area contributed by atoms with E-state index in [9.17, 15) is 8.42 Å². The quantitative estimate of drug-likeness (QED) is 0.796. The zero-order chi connectivity index (χ0) is 14.9. The molecule has 7 heteroatoms. The molecule has 0 bridgehead atoms. The number of thiophene rings is 1. The molecule has 1 unspecified atom stereocenters. The molecule has 0 spiro atoms. The van der Waals surface area contributed by atoms with Gasteiger partial charge in [0.1, 0.15) is 4.21 Å². The summed E-state index contributed by atoms with van der Waals surface area (Å²) in [6.45, 7) is 3.35. The Morgan fingerprint density at radius 3 is 2.81 bits per heavy atom. The summed E-state index contributed by atoms with van der Waals surface area (Å²) in [5.74, 6) is 2.71. The van der Waals surface area contributed by atoms with Crippen molar-refractivity contribution in [2.24, 2.45) is 5.92 Å². The van der Waals surface area contributed by atoms with Crippen LogP contribution in [0.3, 0.4) is 0 Å². The van der Waals surface area contributed by atoms with Crippen molar-refractivity contribution < 1.29 is 8.42 Å². The van der Waals surface area contributed by atoms with E-state index in [0.717, 1.165) is 34.9 Å². The molecule has 118 valence electrons. The van der Waals surface area contributed by atoms with Crippen molar-refractivity contribution in [3.8, 4) is 0 Å². The first-order chi connectivity index (χ1) is 10.0. The third-order valence-electron chi connectivity index (χ3n) is 3.98. The molecular weight excluding hydrogens is 324 g/mol. The number of hydrogen-bond acceptors (Lipinski definition) is 5. The summed E-state index contributed by atoms with van der Waals surface area (Å²) in [5.41, 5.74) is 1.07. The van der Waals surface area contributed by atoms with Gasteiger partial charge in [-0.05, 0) is 55.2 Å². The van der Waals surface area contributed by atoms with Crippen LogP contribution in [0.2, 0.25) is 0 Å². The largest absolute Gasteiger partial charge is 0.309 e. The predicted molar refractivity (Wildman–Crippen MR) is 89.5 cm³/mol. The van der Waals surface area contributed by atoms with Crippen LogP contribution in [0.5, 0.6) is 0 Å². The predicted octanol–water partition coefficient (Wildman–Crippen LogP) is 2.34. The van der Waals surface area contributed by atoms with E-state index < -0.39 is 10.0 Å². The second kappa shape index (κ2) is 6.58. The molecule has 2 N–H and O–H groups in total. The highest BCUT2D eigenvalue weighted by Crippen LogP contribution is 2.28. The summed E-state index contributed by atoms with van der Waals surface area (Å²) < 4.78 is 28.0. The molecule has 1 aromatic rings. The van der Waals surface area contributed by atoms with Crippen LogP contribution in [0.4, 0.5) is 0 Å². The Bertz CT molecular complexity index is 587. The van der Waals surface area contributed by atoms with Gasteiger partial charge in [0.25, 0.3) is 0 Å². The minimum absolute atomic E-state index is 0.457. The van der Waals surface area contributed by atoms with Gasteiger partial charge in [0.05, 0.1) is 0 Å². The molecule has 2 aliphatic rings. The SMILES string of the molecule is Cc1cc(S(=O)(=O)NCC2CCSC2)sc1CNC1CC1. The van der Waals surface area contributed by atoms with Gasteiger partial charge >= 0.3 is 0 Å². The topological polar surface area (TPSA) is 58.2 Å². The Kier molecular flexibility index (Phi) is 4.95. The van der Waals surface area contributed by atoms with Crippen molar-refractivity contribution in [1.29, 1.82) is 0 Å². The summed E-state index contributed by atoms with van der Waals surface area (Å²) in [5, 5.41) is 3.45. The number of thioether (sulfide) groups is 1. The van der Waals surface area contributed by atoms with Crippen molar-refractivity contribution in [3.05, 3.63) is 16.5 Å². The molecule has 0 amide bonds. The molecule has 3 rings (SSSR count). The zero-order valence-electron chi connectivity index (χ0n) is 12.2. The Hall–Kier alpha value is -0.0800.